The van der Waals surface area contributed by atoms with Crippen molar-refractivity contribution in [3.05, 3.63) is 108 Å². The summed E-state index contributed by atoms with van der Waals surface area (Å²) in [5.74, 6) is -0.308. The maximum Gasteiger partial charge on any atom is 0.328 e. The second kappa shape index (κ2) is 11.7. The van der Waals surface area contributed by atoms with Crippen LogP contribution in [0.2, 0.25) is 0 Å². The summed E-state index contributed by atoms with van der Waals surface area (Å²) in [6.45, 7) is 2.58. The van der Waals surface area contributed by atoms with Gasteiger partial charge in [0.2, 0.25) is 5.91 Å². The first-order valence-corrected chi connectivity index (χ1v) is 13.4. The summed E-state index contributed by atoms with van der Waals surface area (Å²) < 4.78 is 5.24. The Morgan fingerprint density at radius 3 is 2.00 bits per heavy atom. The van der Waals surface area contributed by atoms with E-state index in [1.54, 1.807) is 4.90 Å². The Bertz CT molecular complexity index is 1130. The standard InChI is InChI=1S/C32H36N2O3/c1-37-32(36)29-22-28(33-20-11-18-27(23-33)24-12-5-2-6-13-24)19-21-34(29)31(35)30(25-14-7-3-8-15-25)26-16-9-4-10-17-26/h2-10,12-17,27-30H,11,18-23H2,1H3/t27-,28-,29-/m0/s1. The van der Waals surface area contributed by atoms with E-state index in [2.05, 4.69) is 35.2 Å². The molecule has 5 heteroatoms. The van der Waals surface area contributed by atoms with Gasteiger partial charge in [0, 0.05) is 19.1 Å². The third kappa shape index (κ3) is 5.62. The molecule has 5 nitrogen and oxygen atoms in total. The molecule has 0 bridgehead atoms. The highest BCUT2D eigenvalue weighted by molar-refractivity contribution is 5.91. The van der Waals surface area contributed by atoms with E-state index >= 15 is 0 Å². The molecule has 2 saturated heterocycles. The van der Waals surface area contributed by atoms with Gasteiger partial charge in [-0.1, -0.05) is 91.0 Å². The fourth-order valence-electron chi connectivity index (χ4n) is 6.17. The van der Waals surface area contributed by atoms with Crippen LogP contribution in [0.15, 0.2) is 91.0 Å². The second-order valence-electron chi connectivity index (χ2n) is 10.2. The summed E-state index contributed by atoms with van der Waals surface area (Å²) in [6, 6.07) is 30.1. The van der Waals surface area contributed by atoms with E-state index in [1.807, 2.05) is 60.7 Å². The van der Waals surface area contributed by atoms with Crippen molar-refractivity contribution in [1.29, 1.82) is 0 Å². The molecule has 192 valence electrons. The van der Waals surface area contributed by atoms with Crippen molar-refractivity contribution in [1.82, 2.24) is 9.80 Å². The Labute approximate surface area is 220 Å². The Morgan fingerprint density at radius 1 is 0.811 bits per heavy atom. The van der Waals surface area contributed by atoms with Crippen LogP contribution in [0.5, 0.6) is 0 Å². The zero-order valence-corrected chi connectivity index (χ0v) is 21.5. The predicted octanol–water partition coefficient (Wildman–Crippen LogP) is 5.23. The molecule has 5 rings (SSSR count). The van der Waals surface area contributed by atoms with Crippen LogP contribution in [0.3, 0.4) is 0 Å². The first kappa shape index (κ1) is 25.2. The van der Waals surface area contributed by atoms with E-state index in [1.165, 1.54) is 19.1 Å². The third-order valence-corrected chi connectivity index (χ3v) is 8.08. The molecule has 0 unspecified atom stereocenters. The molecule has 0 saturated carbocycles. The van der Waals surface area contributed by atoms with E-state index < -0.39 is 12.0 Å². The van der Waals surface area contributed by atoms with Gasteiger partial charge >= 0.3 is 5.97 Å². The van der Waals surface area contributed by atoms with Gasteiger partial charge in [-0.3, -0.25) is 9.69 Å². The summed E-state index contributed by atoms with van der Waals surface area (Å²) >= 11 is 0. The quantitative estimate of drug-likeness (QED) is 0.439. The summed E-state index contributed by atoms with van der Waals surface area (Å²) in [6.07, 6.45) is 3.80. The minimum Gasteiger partial charge on any atom is -0.467 e. The Balaban J connectivity index is 1.37. The number of carbonyl (C=O) groups is 2. The van der Waals surface area contributed by atoms with Crippen molar-refractivity contribution < 1.29 is 14.3 Å². The van der Waals surface area contributed by atoms with Gasteiger partial charge in [-0.15, -0.1) is 0 Å². The monoisotopic (exact) mass is 496 g/mol. The average Bonchev–Trinajstić information content (AvgIpc) is 2.98. The lowest BCUT2D eigenvalue weighted by atomic mass is 9.86. The highest BCUT2D eigenvalue weighted by Gasteiger charge is 2.42. The molecular weight excluding hydrogens is 460 g/mol. The molecule has 0 radical (unpaired) electrons. The smallest absolute Gasteiger partial charge is 0.328 e. The van der Waals surface area contributed by atoms with Crippen molar-refractivity contribution >= 4 is 11.9 Å². The van der Waals surface area contributed by atoms with Crippen LogP contribution in [0.1, 0.15) is 54.2 Å². The molecule has 1 amide bonds. The summed E-state index contributed by atoms with van der Waals surface area (Å²) in [4.78, 5) is 31.5. The van der Waals surface area contributed by atoms with Crippen LogP contribution in [0.25, 0.3) is 0 Å². The molecule has 3 aromatic rings. The van der Waals surface area contributed by atoms with E-state index in [9.17, 15) is 9.59 Å². The number of amides is 1. The molecular formula is C32H36N2O3. The first-order chi connectivity index (χ1) is 18.2. The lowest BCUT2D eigenvalue weighted by Crippen LogP contribution is -2.57. The number of methoxy groups -OCH3 is 1. The molecule has 2 fully saturated rings. The molecule has 37 heavy (non-hydrogen) atoms. The van der Waals surface area contributed by atoms with Crippen LogP contribution >= 0.6 is 0 Å². The van der Waals surface area contributed by atoms with Gasteiger partial charge in [0.15, 0.2) is 0 Å². The molecule has 0 aromatic heterocycles. The fraction of sp³-hybridized carbons (Fsp3) is 0.375. The summed E-state index contributed by atoms with van der Waals surface area (Å²) in [5, 5.41) is 0. The van der Waals surface area contributed by atoms with Crippen molar-refractivity contribution in [3.63, 3.8) is 0 Å². The lowest BCUT2D eigenvalue weighted by molar-refractivity contribution is -0.156. The fourth-order valence-corrected chi connectivity index (χ4v) is 6.17. The van der Waals surface area contributed by atoms with Gasteiger partial charge < -0.3 is 9.64 Å². The first-order valence-electron chi connectivity index (χ1n) is 13.4. The van der Waals surface area contributed by atoms with Gasteiger partial charge in [-0.2, -0.15) is 0 Å². The van der Waals surface area contributed by atoms with E-state index in [0.717, 1.165) is 37.1 Å². The van der Waals surface area contributed by atoms with Crippen LogP contribution in [-0.2, 0) is 14.3 Å². The molecule has 0 aliphatic carbocycles. The zero-order valence-electron chi connectivity index (χ0n) is 21.5. The van der Waals surface area contributed by atoms with Gasteiger partial charge in [0.05, 0.1) is 13.0 Å². The SMILES string of the molecule is COC(=O)[C@@H]1C[C@@H](N2CCC[C@H](c3ccccc3)C2)CCN1C(=O)C(c1ccccc1)c1ccccc1. The molecule has 3 atom stereocenters. The normalized spacial score (nSPS) is 22.5. The van der Waals surface area contributed by atoms with Gasteiger partial charge in [0.25, 0.3) is 0 Å². The largest absolute Gasteiger partial charge is 0.467 e. The molecule has 2 heterocycles. The number of hydrogen-bond donors (Lipinski definition) is 0. The summed E-state index contributed by atoms with van der Waals surface area (Å²) in [5.41, 5.74) is 3.26. The number of carbonyl (C=O) groups excluding carboxylic acids is 2. The van der Waals surface area contributed by atoms with Gasteiger partial charge in [0.1, 0.15) is 6.04 Å². The van der Waals surface area contributed by atoms with Crippen LogP contribution in [0, 0.1) is 0 Å². The Kier molecular flexibility index (Phi) is 8.00. The molecule has 2 aliphatic rings. The minimum atomic E-state index is -0.580. The number of nitrogens with zero attached hydrogens (tertiary/aromatic N) is 2. The second-order valence-corrected chi connectivity index (χ2v) is 10.2. The van der Waals surface area contributed by atoms with E-state index in [-0.39, 0.29) is 17.9 Å². The van der Waals surface area contributed by atoms with Crippen molar-refractivity contribution in [2.75, 3.05) is 26.7 Å². The van der Waals surface area contributed by atoms with Crippen LogP contribution in [0.4, 0.5) is 0 Å². The third-order valence-electron chi connectivity index (χ3n) is 8.08. The Morgan fingerprint density at radius 2 is 1.41 bits per heavy atom. The van der Waals surface area contributed by atoms with Crippen molar-refractivity contribution in [2.45, 2.75) is 49.6 Å². The highest BCUT2D eigenvalue weighted by Crippen LogP contribution is 2.34. The number of hydrogen-bond acceptors (Lipinski definition) is 4. The van der Waals surface area contributed by atoms with Crippen LogP contribution < -0.4 is 0 Å². The molecule has 0 N–H and O–H groups in total. The topological polar surface area (TPSA) is 49.9 Å². The van der Waals surface area contributed by atoms with E-state index in [4.69, 9.17) is 4.74 Å². The minimum absolute atomic E-state index is 0.0351. The predicted molar refractivity (Wildman–Crippen MR) is 145 cm³/mol. The van der Waals surface area contributed by atoms with Gasteiger partial charge in [-0.05, 0) is 54.8 Å². The van der Waals surface area contributed by atoms with Crippen molar-refractivity contribution in [3.8, 4) is 0 Å². The zero-order chi connectivity index (χ0) is 25.6. The molecule has 3 aromatic carbocycles. The summed E-state index contributed by atoms with van der Waals surface area (Å²) in [7, 11) is 1.42. The Hall–Kier alpha value is -3.44. The maximum absolute atomic E-state index is 14.2. The van der Waals surface area contributed by atoms with E-state index in [0.29, 0.717) is 18.9 Å². The van der Waals surface area contributed by atoms with Gasteiger partial charge in [-0.25, -0.2) is 4.79 Å². The number of piperidine rings is 2. The lowest BCUT2D eigenvalue weighted by Gasteiger charge is -2.45. The average molecular weight is 497 g/mol. The number of rotatable bonds is 6. The molecule has 2 aliphatic heterocycles. The highest BCUT2D eigenvalue weighted by atomic mass is 16.5. The number of esters is 1. The number of likely N-dealkylation sites (tertiary alicyclic amines) is 2. The number of ether oxygens (including phenoxy) is 1. The molecule has 0 spiro atoms. The van der Waals surface area contributed by atoms with Crippen LogP contribution in [-0.4, -0.2) is 60.5 Å². The van der Waals surface area contributed by atoms with Crippen molar-refractivity contribution in [2.24, 2.45) is 0 Å². The maximum atomic E-state index is 14.2. The number of benzene rings is 3.